The van der Waals surface area contributed by atoms with Crippen molar-refractivity contribution >= 4 is 0 Å². The highest BCUT2D eigenvalue weighted by atomic mass is 16.5. The van der Waals surface area contributed by atoms with Gasteiger partial charge in [-0.15, -0.1) is 0 Å². The fraction of sp³-hybridized carbons (Fsp3) is 0.438. The molecule has 0 bridgehead atoms. The monoisotopic (exact) mass is 498 g/mol. The van der Waals surface area contributed by atoms with E-state index in [0.717, 1.165) is 63.1 Å². The average molecular weight is 499 g/mol. The maximum Gasteiger partial charge on any atom is 0.0923 e. The molecule has 4 rings (SSSR count). The number of benzene rings is 2. The van der Waals surface area contributed by atoms with Gasteiger partial charge in [0.2, 0.25) is 0 Å². The Bertz CT molecular complexity index is 977. The van der Waals surface area contributed by atoms with Crippen molar-refractivity contribution in [1.29, 1.82) is 0 Å². The molecule has 2 unspecified atom stereocenters. The van der Waals surface area contributed by atoms with Crippen molar-refractivity contribution in [3.05, 3.63) is 108 Å². The standard InChI is InChI=1S/C32H42N4O/c1-3-11-27(12-4-1)15-7-9-17-29(31-23-33-25-35-31)19-21-37-22-20-30(32-24-34-26-36-32)18-10-8-16-28-13-5-2-6-14-28/h1-6,11-14,23-26,29-30H,7-10,15-22H2,(H,33,35)(H,34,36). The molecule has 4 aromatic rings. The van der Waals surface area contributed by atoms with E-state index in [1.165, 1.54) is 36.8 Å². The lowest BCUT2D eigenvalue weighted by atomic mass is 9.94. The molecule has 0 saturated carbocycles. The number of hydrogen-bond acceptors (Lipinski definition) is 3. The zero-order chi connectivity index (χ0) is 25.4. The Hall–Kier alpha value is -3.18. The number of aryl methyl sites for hydroxylation is 2. The van der Waals surface area contributed by atoms with Gasteiger partial charge in [-0.25, -0.2) is 9.97 Å². The molecule has 2 N–H and O–H groups in total. The van der Waals surface area contributed by atoms with Gasteiger partial charge in [0.05, 0.1) is 24.0 Å². The van der Waals surface area contributed by atoms with Gasteiger partial charge in [0.25, 0.3) is 0 Å². The maximum absolute atomic E-state index is 6.17. The molecule has 0 fully saturated rings. The number of nitrogens with zero attached hydrogens (tertiary/aromatic N) is 2. The molecule has 196 valence electrons. The first-order valence-corrected chi connectivity index (χ1v) is 14.0. The summed E-state index contributed by atoms with van der Waals surface area (Å²) in [5.74, 6) is 0.893. The molecule has 2 heterocycles. The van der Waals surface area contributed by atoms with Crippen LogP contribution in [0, 0.1) is 0 Å². The molecule has 37 heavy (non-hydrogen) atoms. The SMILES string of the molecule is c1ccc(CCCCC(CCOCCC(CCCCc2ccccc2)c2c[nH]cn2)c2c[nH]cn2)cc1. The van der Waals surface area contributed by atoms with Crippen LogP contribution in [0.3, 0.4) is 0 Å². The van der Waals surface area contributed by atoms with Gasteiger partial charge in [-0.3, -0.25) is 0 Å². The number of H-pyrrole nitrogens is 2. The van der Waals surface area contributed by atoms with Crippen molar-refractivity contribution in [2.45, 2.75) is 76.0 Å². The van der Waals surface area contributed by atoms with Crippen LogP contribution in [0.1, 0.15) is 85.7 Å². The van der Waals surface area contributed by atoms with Gasteiger partial charge >= 0.3 is 0 Å². The molecular weight excluding hydrogens is 456 g/mol. The molecule has 0 amide bonds. The topological polar surface area (TPSA) is 66.6 Å². The lowest BCUT2D eigenvalue weighted by molar-refractivity contribution is 0.117. The van der Waals surface area contributed by atoms with E-state index in [1.54, 1.807) is 12.7 Å². The van der Waals surface area contributed by atoms with E-state index in [2.05, 4.69) is 80.6 Å². The minimum absolute atomic E-state index is 0.446. The van der Waals surface area contributed by atoms with Crippen LogP contribution in [-0.2, 0) is 17.6 Å². The highest BCUT2D eigenvalue weighted by Gasteiger charge is 2.16. The molecule has 0 radical (unpaired) electrons. The number of nitrogens with one attached hydrogen (secondary N) is 2. The Kier molecular flexibility index (Phi) is 11.5. The Morgan fingerprint density at radius 1 is 0.568 bits per heavy atom. The number of unbranched alkanes of at least 4 members (excludes halogenated alkanes) is 2. The third kappa shape index (κ3) is 9.66. The van der Waals surface area contributed by atoms with Gasteiger partial charge in [0.15, 0.2) is 0 Å². The van der Waals surface area contributed by atoms with Gasteiger partial charge in [0, 0.05) is 37.4 Å². The van der Waals surface area contributed by atoms with Crippen molar-refractivity contribution in [2.75, 3.05) is 13.2 Å². The van der Waals surface area contributed by atoms with Gasteiger partial charge in [0.1, 0.15) is 0 Å². The van der Waals surface area contributed by atoms with Crippen LogP contribution in [-0.4, -0.2) is 33.1 Å². The quantitative estimate of drug-likeness (QED) is 0.139. The van der Waals surface area contributed by atoms with Gasteiger partial charge in [-0.2, -0.15) is 0 Å². The average Bonchev–Trinajstić information content (AvgIpc) is 3.67. The first-order valence-electron chi connectivity index (χ1n) is 14.0. The molecule has 0 saturated heterocycles. The lowest BCUT2D eigenvalue weighted by Crippen LogP contribution is -2.09. The van der Waals surface area contributed by atoms with Crippen molar-refractivity contribution in [3.63, 3.8) is 0 Å². The van der Waals surface area contributed by atoms with Gasteiger partial charge in [-0.05, 0) is 62.5 Å². The van der Waals surface area contributed by atoms with Crippen LogP contribution in [0.25, 0.3) is 0 Å². The number of imidazole rings is 2. The smallest absolute Gasteiger partial charge is 0.0923 e. The van der Waals surface area contributed by atoms with Crippen LogP contribution >= 0.6 is 0 Å². The van der Waals surface area contributed by atoms with Crippen molar-refractivity contribution < 1.29 is 4.74 Å². The van der Waals surface area contributed by atoms with E-state index in [1.807, 2.05) is 12.4 Å². The number of ether oxygens (including phenoxy) is 1. The Balaban J connectivity index is 1.16. The van der Waals surface area contributed by atoms with Crippen molar-refractivity contribution in [1.82, 2.24) is 19.9 Å². The Morgan fingerprint density at radius 2 is 1.03 bits per heavy atom. The molecule has 5 nitrogen and oxygen atoms in total. The second-order valence-electron chi connectivity index (χ2n) is 10.0. The van der Waals surface area contributed by atoms with Gasteiger partial charge in [-0.1, -0.05) is 73.5 Å². The molecule has 0 spiro atoms. The normalized spacial score (nSPS) is 13.0. The molecule has 2 atom stereocenters. The summed E-state index contributed by atoms with van der Waals surface area (Å²) in [6.45, 7) is 1.55. The summed E-state index contributed by atoms with van der Waals surface area (Å²) in [6.07, 6.45) is 19.1. The molecule has 2 aromatic heterocycles. The Labute approximate surface area is 222 Å². The molecule has 2 aromatic carbocycles. The van der Waals surface area contributed by atoms with Gasteiger partial charge < -0.3 is 14.7 Å². The summed E-state index contributed by atoms with van der Waals surface area (Å²) >= 11 is 0. The molecule has 0 aliphatic carbocycles. The van der Waals surface area contributed by atoms with Crippen LogP contribution < -0.4 is 0 Å². The third-order valence-electron chi connectivity index (χ3n) is 7.32. The second-order valence-corrected chi connectivity index (χ2v) is 10.0. The van der Waals surface area contributed by atoms with Crippen LogP contribution in [0.15, 0.2) is 85.7 Å². The fourth-order valence-electron chi connectivity index (χ4n) is 5.15. The third-order valence-corrected chi connectivity index (χ3v) is 7.32. The molecule has 0 aliphatic heterocycles. The first kappa shape index (κ1) is 26.9. The minimum atomic E-state index is 0.446. The lowest BCUT2D eigenvalue weighted by Gasteiger charge is -2.17. The van der Waals surface area contributed by atoms with E-state index in [-0.39, 0.29) is 0 Å². The molecule has 0 aliphatic rings. The summed E-state index contributed by atoms with van der Waals surface area (Å²) in [6, 6.07) is 21.6. The van der Waals surface area contributed by atoms with E-state index < -0.39 is 0 Å². The molecular formula is C32H42N4O. The first-order chi connectivity index (χ1) is 18.4. The summed E-state index contributed by atoms with van der Waals surface area (Å²) in [7, 11) is 0. The highest BCUT2D eigenvalue weighted by Crippen LogP contribution is 2.26. The van der Waals surface area contributed by atoms with E-state index in [0.29, 0.717) is 11.8 Å². The summed E-state index contributed by atoms with van der Waals surface area (Å²) in [4.78, 5) is 15.4. The molecule has 5 heteroatoms. The predicted octanol–water partition coefficient (Wildman–Crippen LogP) is 7.62. The number of aromatic amines is 2. The second kappa shape index (κ2) is 15.8. The minimum Gasteiger partial charge on any atom is -0.381 e. The van der Waals surface area contributed by atoms with Crippen molar-refractivity contribution in [2.24, 2.45) is 0 Å². The van der Waals surface area contributed by atoms with E-state index in [4.69, 9.17) is 4.74 Å². The zero-order valence-electron chi connectivity index (χ0n) is 22.0. The van der Waals surface area contributed by atoms with E-state index >= 15 is 0 Å². The zero-order valence-corrected chi connectivity index (χ0v) is 22.0. The summed E-state index contributed by atoms with van der Waals surface area (Å²) < 4.78 is 6.17. The predicted molar refractivity (Wildman–Crippen MR) is 151 cm³/mol. The van der Waals surface area contributed by atoms with Crippen LogP contribution in [0.4, 0.5) is 0 Å². The van der Waals surface area contributed by atoms with Crippen LogP contribution in [0.5, 0.6) is 0 Å². The van der Waals surface area contributed by atoms with Crippen LogP contribution in [0.2, 0.25) is 0 Å². The van der Waals surface area contributed by atoms with Crippen molar-refractivity contribution in [3.8, 4) is 0 Å². The number of rotatable bonds is 18. The highest BCUT2D eigenvalue weighted by molar-refractivity contribution is 5.15. The largest absolute Gasteiger partial charge is 0.381 e. The fourth-order valence-corrected chi connectivity index (χ4v) is 5.15. The maximum atomic E-state index is 6.17. The summed E-state index contributed by atoms with van der Waals surface area (Å²) in [5, 5.41) is 0. The Morgan fingerprint density at radius 3 is 1.43 bits per heavy atom. The number of hydrogen-bond donors (Lipinski definition) is 2. The number of aromatic nitrogens is 4. The summed E-state index contributed by atoms with van der Waals surface area (Å²) in [5.41, 5.74) is 5.18. The van der Waals surface area contributed by atoms with E-state index in [9.17, 15) is 0 Å².